The van der Waals surface area contributed by atoms with Crippen LogP contribution in [0.1, 0.15) is 11.1 Å². The van der Waals surface area contributed by atoms with Crippen molar-refractivity contribution in [1.29, 1.82) is 0 Å². The largest absolute Gasteiger partial charge is 2.00 e. The number of aliphatic imine (C=N–C) groups is 2. The molecule has 2 aromatic rings. The van der Waals surface area contributed by atoms with Crippen LogP contribution < -0.4 is 0 Å². The molecule has 0 atom stereocenters. The van der Waals surface area contributed by atoms with Crippen molar-refractivity contribution in [3.05, 3.63) is 47.5 Å². The van der Waals surface area contributed by atoms with Crippen LogP contribution in [0, 0.1) is 0 Å². The van der Waals surface area contributed by atoms with Gasteiger partial charge in [0.2, 0.25) is 0 Å². The molecule has 0 saturated carbocycles. The summed E-state index contributed by atoms with van der Waals surface area (Å²) in [6.45, 7) is 0.760. The van der Waals surface area contributed by atoms with E-state index < -0.39 is 0 Å². The quantitative estimate of drug-likeness (QED) is 0.285. The molecular weight excluding hydrogens is 340 g/mol. The minimum absolute atomic E-state index is 0. The predicted molar refractivity (Wildman–Crippen MR) is 84.5 cm³/mol. The van der Waals surface area contributed by atoms with E-state index in [-0.39, 0.29) is 40.1 Å². The number of hydrogen-bond acceptors (Lipinski definition) is 6. The van der Waals surface area contributed by atoms with Crippen LogP contribution >= 0.6 is 0 Å². The molecule has 2 rings (SSSR count). The molecule has 0 aliphatic carbocycles. The van der Waals surface area contributed by atoms with Crippen molar-refractivity contribution in [2.75, 3.05) is 13.1 Å². The molecule has 6 nitrogen and oxygen atoms in total. The van der Waals surface area contributed by atoms with Gasteiger partial charge >= 0.3 is 17.1 Å². The first kappa shape index (κ1) is 18.5. The Kier molecular flexibility index (Phi) is 7.12. The number of phenolic OH excluding ortho intramolecular Hbond substituents is 4. The Balaban J connectivity index is 0.00000264. The Hall–Kier alpha value is -2.50. The molecule has 0 spiro atoms. The zero-order chi connectivity index (χ0) is 15.9. The summed E-state index contributed by atoms with van der Waals surface area (Å²) >= 11 is 0. The van der Waals surface area contributed by atoms with Crippen molar-refractivity contribution in [1.82, 2.24) is 0 Å². The van der Waals surface area contributed by atoms with Crippen LogP contribution in [0.25, 0.3) is 0 Å². The summed E-state index contributed by atoms with van der Waals surface area (Å²) < 4.78 is 0. The Labute approximate surface area is 144 Å². The average Bonchev–Trinajstić information content (AvgIpc) is 2.49. The molecule has 0 aliphatic heterocycles. The van der Waals surface area contributed by atoms with Crippen molar-refractivity contribution in [2.45, 2.75) is 0 Å². The molecule has 0 bridgehead atoms. The van der Waals surface area contributed by atoms with E-state index in [0.717, 1.165) is 0 Å². The first-order chi connectivity index (χ1) is 10.6. The molecule has 120 valence electrons. The van der Waals surface area contributed by atoms with E-state index in [9.17, 15) is 20.4 Å². The van der Waals surface area contributed by atoms with E-state index in [1.54, 1.807) is 0 Å². The van der Waals surface area contributed by atoms with Gasteiger partial charge < -0.3 is 20.4 Å². The Morgan fingerprint density at radius 2 is 1.09 bits per heavy atom. The van der Waals surface area contributed by atoms with Crippen molar-refractivity contribution >= 4 is 12.4 Å². The number of benzene rings is 2. The maximum absolute atomic E-state index is 9.56. The first-order valence-corrected chi connectivity index (χ1v) is 6.60. The summed E-state index contributed by atoms with van der Waals surface area (Å²) in [6, 6.07) is 8.37. The first-order valence-electron chi connectivity index (χ1n) is 6.60. The second-order valence-electron chi connectivity index (χ2n) is 4.56. The van der Waals surface area contributed by atoms with E-state index in [2.05, 4.69) is 9.98 Å². The van der Waals surface area contributed by atoms with Gasteiger partial charge in [0.05, 0.1) is 13.1 Å². The van der Waals surface area contributed by atoms with E-state index >= 15 is 0 Å². The van der Waals surface area contributed by atoms with Gasteiger partial charge in [0, 0.05) is 23.6 Å². The maximum atomic E-state index is 9.56. The molecular formula is C16H16FeN2O4+2. The topological polar surface area (TPSA) is 106 Å². The van der Waals surface area contributed by atoms with Crippen LogP contribution in [0.5, 0.6) is 23.0 Å². The number of nitrogens with zero attached hydrogens (tertiary/aromatic N) is 2. The summed E-state index contributed by atoms with van der Waals surface area (Å²) in [7, 11) is 0. The van der Waals surface area contributed by atoms with Crippen molar-refractivity contribution in [3.8, 4) is 23.0 Å². The number of hydrogen-bond donors (Lipinski definition) is 4. The Morgan fingerprint density at radius 3 is 1.48 bits per heavy atom. The SMILES string of the molecule is Oc1ccc(O)c(C=NCCN=Cc2cc(O)ccc2O)c1.[Fe+2]. The second kappa shape index (κ2) is 8.82. The van der Waals surface area contributed by atoms with Gasteiger partial charge in [-0.3, -0.25) is 9.98 Å². The summed E-state index contributed by atoms with van der Waals surface area (Å²) in [5, 5.41) is 37.7. The van der Waals surface area contributed by atoms with Crippen LogP contribution in [-0.2, 0) is 17.1 Å². The molecule has 23 heavy (non-hydrogen) atoms. The van der Waals surface area contributed by atoms with Gasteiger partial charge in [0.15, 0.2) is 0 Å². The fourth-order valence-corrected chi connectivity index (χ4v) is 1.73. The van der Waals surface area contributed by atoms with Gasteiger partial charge in [-0.25, -0.2) is 0 Å². The molecule has 0 aliphatic rings. The third-order valence-corrected chi connectivity index (χ3v) is 2.84. The molecule has 7 heteroatoms. The van der Waals surface area contributed by atoms with E-state index in [0.29, 0.717) is 24.2 Å². The van der Waals surface area contributed by atoms with Crippen LogP contribution in [0.4, 0.5) is 0 Å². The van der Waals surface area contributed by atoms with Crippen molar-refractivity contribution in [3.63, 3.8) is 0 Å². The molecule has 0 heterocycles. The van der Waals surface area contributed by atoms with E-state index in [1.807, 2.05) is 0 Å². The third-order valence-electron chi connectivity index (χ3n) is 2.84. The minimum atomic E-state index is 0. The zero-order valence-corrected chi connectivity index (χ0v) is 13.2. The van der Waals surface area contributed by atoms with Gasteiger partial charge in [-0.05, 0) is 36.4 Å². The standard InChI is InChI=1S/C16H16N2O4.Fe/c19-13-1-3-15(21)11(7-13)9-17-5-6-18-10-12-8-14(20)2-4-16(12)22;/h1-4,7-10,19-22H,5-6H2;/q;+2. The van der Waals surface area contributed by atoms with Crippen LogP contribution in [0.2, 0.25) is 0 Å². The van der Waals surface area contributed by atoms with E-state index in [1.165, 1.54) is 48.8 Å². The fourth-order valence-electron chi connectivity index (χ4n) is 1.73. The second-order valence-corrected chi connectivity index (χ2v) is 4.56. The van der Waals surface area contributed by atoms with Crippen LogP contribution in [-0.4, -0.2) is 45.9 Å². The molecule has 0 unspecified atom stereocenters. The van der Waals surface area contributed by atoms with Gasteiger partial charge in [-0.2, -0.15) is 0 Å². The van der Waals surface area contributed by atoms with Gasteiger partial charge in [0.1, 0.15) is 23.0 Å². The molecule has 0 fully saturated rings. The monoisotopic (exact) mass is 356 g/mol. The molecule has 2 aromatic carbocycles. The van der Waals surface area contributed by atoms with Crippen LogP contribution in [0.3, 0.4) is 0 Å². The van der Waals surface area contributed by atoms with E-state index in [4.69, 9.17) is 0 Å². The molecule has 0 amide bonds. The summed E-state index contributed by atoms with van der Waals surface area (Å²) in [5.41, 5.74) is 0.851. The van der Waals surface area contributed by atoms with Crippen molar-refractivity contribution in [2.24, 2.45) is 9.98 Å². The van der Waals surface area contributed by atoms with Gasteiger partial charge in [0.25, 0.3) is 0 Å². The molecule has 0 aromatic heterocycles. The Bertz CT molecular complexity index is 656. The number of phenols is 4. The Morgan fingerprint density at radius 1 is 0.696 bits per heavy atom. The molecule has 0 saturated heterocycles. The van der Waals surface area contributed by atoms with Crippen LogP contribution in [0.15, 0.2) is 46.4 Å². The molecule has 4 N–H and O–H groups in total. The normalized spacial score (nSPS) is 11.0. The predicted octanol–water partition coefficient (Wildman–Crippen LogP) is 2.04. The minimum Gasteiger partial charge on any atom is -0.508 e. The van der Waals surface area contributed by atoms with Crippen molar-refractivity contribution < 1.29 is 37.5 Å². The molecule has 0 radical (unpaired) electrons. The zero-order valence-electron chi connectivity index (χ0n) is 12.1. The smallest absolute Gasteiger partial charge is 0.508 e. The average molecular weight is 356 g/mol. The number of rotatable bonds is 5. The fraction of sp³-hybridized carbons (Fsp3) is 0.125. The summed E-state index contributed by atoms with van der Waals surface area (Å²) in [4.78, 5) is 8.19. The maximum Gasteiger partial charge on any atom is 2.00 e. The summed E-state index contributed by atoms with van der Waals surface area (Å²) in [6.07, 6.45) is 2.91. The van der Waals surface area contributed by atoms with Gasteiger partial charge in [-0.1, -0.05) is 0 Å². The summed E-state index contributed by atoms with van der Waals surface area (Å²) in [5.74, 6) is 0.178. The number of aromatic hydroxyl groups is 4. The third kappa shape index (κ3) is 5.65. The van der Waals surface area contributed by atoms with Gasteiger partial charge in [-0.15, -0.1) is 0 Å².